The minimum atomic E-state index is -1.51. The van der Waals surface area contributed by atoms with Crippen molar-refractivity contribution in [3.8, 4) is 0 Å². The van der Waals surface area contributed by atoms with E-state index in [1.807, 2.05) is 0 Å². The van der Waals surface area contributed by atoms with Gasteiger partial charge in [0, 0.05) is 16.7 Å². The molecule has 2 heterocycles. The summed E-state index contributed by atoms with van der Waals surface area (Å²) in [5, 5.41) is 15.9. The van der Waals surface area contributed by atoms with E-state index in [4.69, 9.17) is 25.7 Å². The highest BCUT2D eigenvalue weighted by molar-refractivity contribution is 8.00. The van der Waals surface area contributed by atoms with E-state index in [0.717, 1.165) is 23.1 Å². The zero-order valence-electron chi connectivity index (χ0n) is 21.8. The molecule has 14 nitrogen and oxygen atoms in total. The largest absolute Gasteiger partial charge is 0.480 e. The number of esters is 2. The maximum Gasteiger partial charge on any atom is 0.404 e. The Labute approximate surface area is 232 Å². The quantitative estimate of drug-likeness (QED) is 0.140. The Morgan fingerprint density at radius 3 is 2.49 bits per heavy atom. The van der Waals surface area contributed by atoms with Crippen LogP contribution < -0.4 is 22.1 Å². The first kappa shape index (κ1) is 31.4. The zero-order valence-corrected chi connectivity index (χ0v) is 23.4. The van der Waals surface area contributed by atoms with Crippen molar-refractivity contribution in [1.82, 2.24) is 15.6 Å². The summed E-state index contributed by atoms with van der Waals surface area (Å²) in [6, 6.07) is -1.51. The molecule has 0 radical (unpaired) electrons. The Hall–Kier alpha value is -3.79. The third-order valence-corrected chi connectivity index (χ3v) is 6.91. The number of carbonyl (C=O) groups excluding carboxylic acids is 4. The molecule has 16 heteroatoms. The van der Waals surface area contributed by atoms with Crippen molar-refractivity contribution in [3.63, 3.8) is 0 Å². The smallest absolute Gasteiger partial charge is 0.404 e. The van der Waals surface area contributed by atoms with Gasteiger partial charge in [-0.1, -0.05) is 13.0 Å². The number of hydrogen-bond donors (Lipinski definition) is 5. The second-order valence-electron chi connectivity index (χ2n) is 9.08. The Kier molecular flexibility index (Phi) is 11.2. The van der Waals surface area contributed by atoms with Crippen LogP contribution in [0.3, 0.4) is 0 Å². The number of anilines is 1. The van der Waals surface area contributed by atoms with E-state index in [9.17, 15) is 29.1 Å². The van der Waals surface area contributed by atoms with Crippen molar-refractivity contribution in [2.45, 2.75) is 45.5 Å². The molecule has 1 aliphatic rings. The molecule has 0 aliphatic carbocycles. The van der Waals surface area contributed by atoms with E-state index in [0.29, 0.717) is 12.1 Å². The van der Waals surface area contributed by atoms with Crippen molar-refractivity contribution in [3.05, 3.63) is 28.4 Å². The Morgan fingerprint density at radius 1 is 1.26 bits per heavy atom. The fraction of sp³-hybridized carbons (Fsp3) is 0.478. The average Bonchev–Trinajstić information content (AvgIpc) is 3.29. The number of carbonyl (C=O) groups is 5. The van der Waals surface area contributed by atoms with Crippen molar-refractivity contribution in [2.24, 2.45) is 11.1 Å². The minimum Gasteiger partial charge on any atom is -0.480 e. The van der Waals surface area contributed by atoms with Gasteiger partial charge in [-0.05, 0) is 27.2 Å². The number of amides is 2. The van der Waals surface area contributed by atoms with Crippen LogP contribution in [0, 0.1) is 5.41 Å². The third-order valence-electron chi connectivity index (χ3n) is 4.97. The second-order valence-corrected chi connectivity index (χ2v) is 11.1. The van der Waals surface area contributed by atoms with Gasteiger partial charge < -0.3 is 41.4 Å². The molecular weight excluding hydrogens is 554 g/mol. The molecule has 39 heavy (non-hydrogen) atoms. The lowest BCUT2D eigenvalue weighted by molar-refractivity contribution is -0.171. The molecule has 0 spiro atoms. The number of rotatable bonds is 11. The van der Waals surface area contributed by atoms with Crippen LogP contribution in [0.25, 0.3) is 5.57 Å². The SMILES string of the molecule is CC/C=C(\C(=O)NC(C(=O)O)C1NC(C(=O)OCOC(=O)C(C)(C)C)=C(COC(N)=O)CS1)c1csc(N)n1. The van der Waals surface area contributed by atoms with Crippen LogP contribution in [-0.4, -0.2) is 70.6 Å². The minimum absolute atomic E-state index is 0.0249. The lowest BCUT2D eigenvalue weighted by Crippen LogP contribution is -2.55. The Bertz CT molecular complexity index is 1170. The number of ether oxygens (including phenoxy) is 3. The van der Waals surface area contributed by atoms with Gasteiger partial charge in [-0.2, -0.15) is 0 Å². The summed E-state index contributed by atoms with van der Waals surface area (Å²) >= 11 is 2.17. The first-order valence-corrected chi connectivity index (χ1v) is 13.5. The van der Waals surface area contributed by atoms with E-state index >= 15 is 0 Å². The lowest BCUT2D eigenvalue weighted by Gasteiger charge is -2.32. The Balaban J connectivity index is 2.24. The first-order valence-electron chi connectivity index (χ1n) is 11.6. The highest BCUT2D eigenvalue weighted by atomic mass is 32.2. The number of nitrogens with one attached hydrogen (secondary N) is 2. The number of carboxylic acid groups (broad SMARTS) is 1. The summed E-state index contributed by atoms with van der Waals surface area (Å²) < 4.78 is 14.8. The number of hydrogen-bond acceptors (Lipinski definition) is 13. The summed E-state index contributed by atoms with van der Waals surface area (Å²) in [5.41, 5.74) is 10.3. The number of nitrogens with zero attached hydrogens (tertiary/aromatic N) is 1. The van der Waals surface area contributed by atoms with E-state index in [2.05, 4.69) is 15.6 Å². The highest BCUT2D eigenvalue weighted by Gasteiger charge is 2.37. The van der Waals surface area contributed by atoms with Gasteiger partial charge in [0.05, 0.1) is 16.7 Å². The van der Waals surface area contributed by atoms with E-state index in [-0.39, 0.29) is 34.3 Å². The molecule has 2 rings (SSSR count). The summed E-state index contributed by atoms with van der Waals surface area (Å²) in [6.45, 7) is 5.57. The van der Waals surface area contributed by atoms with Crippen molar-refractivity contribution in [2.75, 3.05) is 24.9 Å². The monoisotopic (exact) mass is 585 g/mol. The number of thiazole rings is 1. The molecule has 1 aliphatic heterocycles. The fourth-order valence-electron chi connectivity index (χ4n) is 3.04. The van der Waals surface area contributed by atoms with Crippen LogP contribution in [0.1, 0.15) is 39.8 Å². The van der Waals surface area contributed by atoms with E-state index in [1.54, 1.807) is 39.2 Å². The van der Waals surface area contributed by atoms with Gasteiger partial charge in [0.25, 0.3) is 5.91 Å². The summed E-state index contributed by atoms with van der Waals surface area (Å²) in [7, 11) is 0. The lowest BCUT2D eigenvalue weighted by atomic mass is 9.98. The number of nitrogen functional groups attached to an aromatic ring is 1. The van der Waals surface area contributed by atoms with Crippen LogP contribution in [0.15, 0.2) is 22.7 Å². The predicted octanol–water partition coefficient (Wildman–Crippen LogP) is 1.19. The van der Waals surface area contributed by atoms with Crippen LogP contribution in [0.4, 0.5) is 9.93 Å². The van der Waals surface area contributed by atoms with Crippen molar-refractivity contribution in [1.29, 1.82) is 0 Å². The third kappa shape index (κ3) is 9.17. The summed E-state index contributed by atoms with van der Waals surface area (Å²) in [5.74, 6) is -3.67. The fourth-order valence-corrected chi connectivity index (χ4v) is 4.79. The molecule has 0 saturated heterocycles. The standard InChI is InChI=1S/C23H31N5O9S2/c1-5-6-12(13-9-39-21(24)26-13)16(29)27-15(18(30)31)17-28-14(11(8-38-17)7-35-22(25)34)19(32)36-10-37-20(33)23(2,3)4/h6,9,15,17,28H,5,7-8,10H2,1-4H3,(H2,24,26)(H2,25,34)(H,27,29)(H,30,31)/b12-6-. The number of aromatic nitrogens is 1. The molecule has 2 unspecified atom stereocenters. The van der Waals surface area contributed by atoms with Crippen LogP contribution in [0.2, 0.25) is 0 Å². The van der Waals surface area contributed by atoms with Gasteiger partial charge in [0.1, 0.15) is 17.7 Å². The summed E-state index contributed by atoms with van der Waals surface area (Å²) in [6.07, 6.45) is 0.969. The first-order chi connectivity index (χ1) is 18.2. The zero-order chi connectivity index (χ0) is 29.3. The van der Waals surface area contributed by atoms with E-state index < -0.39 is 53.5 Å². The molecule has 7 N–H and O–H groups in total. The van der Waals surface area contributed by atoms with Crippen LogP contribution in [-0.2, 0) is 33.4 Å². The maximum absolute atomic E-state index is 13.1. The molecule has 1 aromatic rings. The molecule has 2 amide bonds. The molecule has 1 aromatic heterocycles. The summed E-state index contributed by atoms with van der Waals surface area (Å²) in [4.78, 5) is 65.2. The molecule has 0 fully saturated rings. The van der Waals surface area contributed by atoms with Gasteiger partial charge in [-0.15, -0.1) is 23.1 Å². The van der Waals surface area contributed by atoms with Gasteiger partial charge in [-0.3, -0.25) is 9.59 Å². The highest BCUT2D eigenvalue weighted by Crippen LogP contribution is 2.27. The number of allylic oxidation sites excluding steroid dienone is 1. The number of thioether (sulfide) groups is 1. The molecule has 2 atom stereocenters. The second kappa shape index (κ2) is 13.8. The van der Waals surface area contributed by atoms with Gasteiger partial charge in [-0.25, -0.2) is 19.4 Å². The normalized spacial score (nSPS) is 16.5. The van der Waals surface area contributed by atoms with Crippen molar-refractivity contribution < 1.29 is 43.3 Å². The van der Waals surface area contributed by atoms with E-state index in [1.165, 1.54) is 0 Å². The van der Waals surface area contributed by atoms with Gasteiger partial charge in [0.2, 0.25) is 6.79 Å². The number of primary amides is 1. The number of carboxylic acids is 1. The average molecular weight is 586 g/mol. The molecule has 0 bridgehead atoms. The van der Waals surface area contributed by atoms with Crippen LogP contribution in [0.5, 0.6) is 0 Å². The number of aliphatic carboxylic acids is 1. The molecule has 0 saturated carbocycles. The molecular formula is C23H31N5O9S2. The Morgan fingerprint density at radius 2 is 1.95 bits per heavy atom. The van der Waals surface area contributed by atoms with Gasteiger partial charge >= 0.3 is 24.0 Å². The maximum atomic E-state index is 13.1. The van der Waals surface area contributed by atoms with Crippen molar-refractivity contribution >= 4 is 63.7 Å². The predicted molar refractivity (Wildman–Crippen MR) is 143 cm³/mol. The topological polar surface area (TPSA) is 222 Å². The number of nitrogens with two attached hydrogens (primary N) is 2. The molecule has 214 valence electrons. The van der Waals surface area contributed by atoms with Crippen LogP contribution >= 0.6 is 23.1 Å². The molecule has 0 aromatic carbocycles. The van der Waals surface area contributed by atoms with Gasteiger partial charge in [0.15, 0.2) is 11.2 Å².